The smallest absolute Gasteiger partial charge is 0.254 e. The monoisotopic (exact) mass is 242 g/mol. The van der Waals surface area contributed by atoms with Gasteiger partial charge in [-0.3, -0.25) is 4.79 Å². The van der Waals surface area contributed by atoms with Gasteiger partial charge in [-0.15, -0.1) is 0 Å². The van der Waals surface area contributed by atoms with Gasteiger partial charge in [0.25, 0.3) is 5.56 Å². The molecular weight excluding hydrogens is 232 g/mol. The van der Waals surface area contributed by atoms with Crippen molar-refractivity contribution in [1.29, 1.82) is 0 Å². The maximum Gasteiger partial charge on any atom is 0.254 e. The summed E-state index contributed by atoms with van der Waals surface area (Å²) in [6.07, 6.45) is 0. The summed E-state index contributed by atoms with van der Waals surface area (Å²) in [5.41, 5.74) is 1.01. The quantitative estimate of drug-likeness (QED) is 0.685. The van der Waals surface area contributed by atoms with Crippen molar-refractivity contribution in [2.24, 2.45) is 0 Å². The van der Waals surface area contributed by atoms with Crippen molar-refractivity contribution >= 4 is 11.0 Å². The second-order valence-corrected chi connectivity index (χ2v) is 3.98. The van der Waals surface area contributed by atoms with Crippen LogP contribution in [-0.2, 0) is 0 Å². The predicted molar refractivity (Wildman–Crippen MR) is 66.5 cm³/mol. The topological polar surface area (TPSA) is 79.1 Å². The molecule has 2 N–H and O–H groups in total. The lowest BCUT2D eigenvalue weighted by Gasteiger charge is -1.99. The molecule has 0 atom stereocenters. The molecular formula is C13H10N2O3. The van der Waals surface area contributed by atoms with Gasteiger partial charge >= 0.3 is 0 Å². The van der Waals surface area contributed by atoms with Crippen LogP contribution in [0, 0.1) is 6.92 Å². The average molecular weight is 242 g/mol. The highest BCUT2D eigenvalue weighted by molar-refractivity contribution is 5.93. The largest absolute Gasteiger partial charge is 0.493 e. The van der Waals surface area contributed by atoms with Crippen molar-refractivity contribution in [2.45, 2.75) is 6.92 Å². The first-order valence-electron chi connectivity index (χ1n) is 5.44. The van der Waals surface area contributed by atoms with Gasteiger partial charge in [-0.1, -0.05) is 18.2 Å². The van der Waals surface area contributed by atoms with Crippen LogP contribution in [0.15, 0.2) is 39.5 Å². The number of aryl methyl sites for hydroxylation is 1. The summed E-state index contributed by atoms with van der Waals surface area (Å²) in [7, 11) is 0. The van der Waals surface area contributed by atoms with Crippen LogP contribution in [0.2, 0.25) is 0 Å². The van der Waals surface area contributed by atoms with Gasteiger partial charge in [-0.05, 0) is 13.0 Å². The fourth-order valence-electron chi connectivity index (χ4n) is 2.03. The molecule has 0 aliphatic carbocycles. The van der Waals surface area contributed by atoms with Crippen molar-refractivity contribution in [3.8, 4) is 17.3 Å². The molecule has 3 rings (SSSR count). The van der Waals surface area contributed by atoms with Crippen LogP contribution in [0.5, 0.6) is 5.88 Å². The Morgan fingerprint density at radius 3 is 2.89 bits per heavy atom. The molecule has 0 spiro atoms. The Hall–Kier alpha value is -2.56. The Kier molecular flexibility index (Phi) is 2.19. The summed E-state index contributed by atoms with van der Waals surface area (Å²) in [4.78, 5) is 17.9. The van der Waals surface area contributed by atoms with Gasteiger partial charge in [-0.2, -0.15) is 4.98 Å². The van der Waals surface area contributed by atoms with Crippen molar-refractivity contribution in [2.75, 3.05) is 0 Å². The Morgan fingerprint density at radius 2 is 2.11 bits per heavy atom. The molecule has 0 saturated carbocycles. The zero-order valence-corrected chi connectivity index (χ0v) is 9.60. The molecule has 0 fully saturated rings. The van der Waals surface area contributed by atoms with E-state index in [0.29, 0.717) is 17.1 Å². The summed E-state index contributed by atoms with van der Waals surface area (Å²) in [6.45, 7) is 1.79. The molecule has 0 unspecified atom stereocenters. The van der Waals surface area contributed by atoms with Gasteiger partial charge in [0.15, 0.2) is 0 Å². The Morgan fingerprint density at radius 1 is 1.33 bits per heavy atom. The molecule has 3 aromatic rings. The van der Waals surface area contributed by atoms with E-state index in [4.69, 9.17) is 4.42 Å². The van der Waals surface area contributed by atoms with E-state index in [1.165, 1.54) is 0 Å². The molecule has 0 amide bonds. The lowest BCUT2D eigenvalue weighted by atomic mass is 10.1. The number of aromatic nitrogens is 2. The van der Waals surface area contributed by atoms with Crippen LogP contribution in [0.4, 0.5) is 0 Å². The van der Waals surface area contributed by atoms with Crippen LogP contribution in [0.1, 0.15) is 5.76 Å². The molecule has 18 heavy (non-hydrogen) atoms. The van der Waals surface area contributed by atoms with Crippen LogP contribution in [0.25, 0.3) is 22.4 Å². The summed E-state index contributed by atoms with van der Waals surface area (Å²) >= 11 is 0. The highest BCUT2D eigenvalue weighted by Crippen LogP contribution is 2.32. The van der Waals surface area contributed by atoms with E-state index in [0.717, 1.165) is 17.0 Å². The zero-order valence-electron chi connectivity index (χ0n) is 9.60. The lowest BCUT2D eigenvalue weighted by Crippen LogP contribution is -2.06. The van der Waals surface area contributed by atoms with E-state index in [-0.39, 0.29) is 5.88 Å². The Balaban J connectivity index is 2.37. The minimum absolute atomic E-state index is 0.307. The normalized spacial score (nSPS) is 10.9. The van der Waals surface area contributed by atoms with Gasteiger partial charge in [-0.25, -0.2) is 0 Å². The van der Waals surface area contributed by atoms with Gasteiger partial charge in [0.2, 0.25) is 5.88 Å². The molecule has 2 heterocycles. The molecule has 0 bridgehead atoms. The summed E-state index contributed by atoms with van der Waals surface area (Å²) < 4.78 is 5.59. The molecule has 0 radical (unpaired) electrons. The van der Waals surface area contributed by atoms with Crippen LogP contribution < -0.4 is 5.56 Å². The molecule has 0 aliphatic rings. The van der Waals surface area contributed by atoms with Crippen LogP contribution in [0.3, 0.4) is 0 Å². The van der Waals surface area contributed by atoms with Gasteiger partial charge < -0.3 is 14.5 Å². The highest BCUT2D eigenvalue weighted by atomic mass is 16.3. The number of hydrogen-bond acceptors (Lipinski definition) is 4. The molecule has 2 aromatic heterocycles. The number of H-pyrrole nitrogens is 1. The number of fused-ring (bicyclic) bond motifs is 1. The second-order valence-electron chi connectivity index (χ2n) is 3.98. The summed E-state index contributed by atoms with van der Waals surface area (Å²) in [5.74, 6) is 0.644. The number of nitrogens with zero attached hydrogens (tertiary/aromatic N) is 1. The number of furan rings is 1. The lowest BCUT2D eigenvalue weighted by molar-refractivity contribution is 0.452. The third-order valence-corrected chi connectivity index (χ3v) is 2.74. The Bertz CT molecular complexity index is 786. The molecule has 5 nitrogen and oxygen atoms in total. The van der Waals surface area contributed by atoms with Gasteiger partial charge in [0, 0.05) is 5.39 Å². The zero-order chi connectivity index (χ0) is 12.7. The van der Waals surface area contributed by atoms with E-state index in [1.807, 2.05) is 24.3 Å². The SMILES string of the molecule is Cc1oc2ccccc2c1-c1nc(O)cc(=O)[nH]1. The van der Waals surface area contributed by atoms with Crippen molar-refractivity contribution < 1.29 is 9.52 Å². The van der Waals surface area contributed by atoms with Crippen LogP contribution in [-0.4, -0.2) is 15.1 Å². The summed E-state index contributed by atoms with van der Waals surface area (Å²) in [5, 5.41) is 10.2. The second kappa shape index (κ2) is 3.73. The minimum Gasteiger partial charge on any atom is -0.493 e. The minimum atomic E-state index is -0.401. The van der Waals surface area contributed by atoms with Crippen molar-refractivity contribution in [3.63, 3.8) is 0 Å². The fourth-order valence-corrected chi connectivity index (χ4v) is 2.03. The number of nitrogens with one attached hydrogen (secondary N) is 1. The van der Waals surface area contributed by atoms with E-state index >= 15 is 0 Å². The number of aromatic hydroxyl groups is 1. The highest BCUT2D eigenvalue weighted by Gasteiger charge is 2.15. The molecule has 90 valence electrons. The van der Waals surface area contributed by atoms with E-state index in [1.54, 1.807) is 6.92 Å². The van der Waals surface area contributed by atoms with E-state index < -0.39 is 5.56 Å². The first-order chi connectivity index (χ1) is 8.65. The van der Waals surface area contributed by atoms with Crippen LogP contribution >= 0.6 is 0 Å². The first kappa shape index (κ1) is 10.6. The average Bonchev–Trinajstić information content (AvgIpc) is 2.63. The maximum absolute atomic E-state index is 11.4. The first-order valence-corrected chi connectivity index (χ1v) is 5.44. The number of aromatic amines is 1. The number of benzene rings is 1. The summed E-state index contributed by atoms with van der Waals surface area (Å²) in [6, 6.07) is 8.49. The third kappa shape index (κ3) is 1.57. The van der Waals surface area contributed by atoms with Crippen molar-refractivity contribution in [3.05, 3.63) is 46.4 Å². The molecule has 1 aromatic carbocycles. The fraction of sp³-hybridized carbons (Fsp3) is 0.0769. The van der Waals surface area contributed by atoms with Crippen molar-refractivity contribution in [1.82, 2.24) is 9.97 Å². The standard InChI is InChI=1S/C13H10N2O3/c1-7-12(8-4-2-3-5-9(8)18-7)13-14-10(16)6-11(17)15-13/h2-6H,1H3,(H2,14,15,16,17). The number of hydrogen-bond donors (Lipinski definition) is 2. The van der Waals surface area contributed by atoms with E-state index in [9.17, 15) is 9.90 Å². The maximum atomic E-state index is 11.4. The third-order valence-electron chi connectivity index (χ3n) is 2.74. The number of rotatable bonds is 1. The predicted octanol–water partition coefficient (Wildman–Crippen LogP) is 2.20. The molecule has 0 saturated heterocycles. The molecule has 5 heteroatoms. The van der Waals surface area contributed by atoms with Gasteiger partial charge in [0.05, 0.1) is 11.6 Å². The molecule has 0 aliphatic heterocycles. The van der Waals surface area contributed by atoms with Gasteiger partial charge in [0.1, 0.15) is 17.2 Å². The Labute approximate surface area is 102 Å². The number of para-hydroxylation sites is 1. The van der Waals surface area contributed by atoms with E-state index in [2.05, 4.69) is 9.97 Å².